The maximum atomic E-state index is 12.8. The fourth-order valence-electron chi connectivity index (χ4n) is 3.92. The maximum Gasteiger partial charge on any atom is 0.417 e. The minimum atomic E-state index is -4.41. The first-order chi connectivity index (χ1) is 15.3. The highest BCUT2D eigenvalue weighted by Crippen LogP contribution is 2.30. The van der Waals surface area contributed by atoms with Gasteiger partial charge in [0.25, 0.3) is 0 Å². The van der Waals surface area contributed by atoms with E-state index in [1.165, 1.54) is 6.07 Å². The molecular weight excluding hydrogens is 419 g/mol. The van der Waals surface area contributed by atoms with Gasteiger partial charge in [0.15, 0.2) is 5.82 Å². The molecule has 2 atom stereocenters. The van der Waals surface area contributed by atoms with E-state index in [2.05, 4.69) is 37.8 Å². The van der Waals surface area contributed by atoms with E-state index in [9.17, 15) is 13.2 Å². The molecule has 1 fully saturated rings. The number of hydrogen-bond acceptors (Lipinski definition) is 6. The smallest absolute Gasteiger partial charge is 0.417 e. The number of rotatable bonds is 5. The predicted molar refractivity (Wildman–Crippen MR) is 113 cm³/mol. The third-order valence-corrected chi connectivity index (χ3v) is 5.64. The molecule has 32 heavy (non-hydrogen) atoms. The fourth-order valence-corrected chi connectivity index (χ4v) is 3.92. The summed E-state index contributed by atoms with van der Waals surface area (Å²) >= 11 is 0. The predicted octanol–water partition coefficient (Wildman–Crippen LogP) is 4.69. The SMILES string of the molecule is Cc1cnc(-c2ncccn2)c(CN2CCCC(Oc3ccc(C(F)(F)F)cn3)C2C)c1. The highest BCUT2D eigenvalue weighted by atomic mass is 19.4. The third-order valence-electron chi connectivity index (χ3n) is 5.64. The van der Waals surface area contributed by atoms with Gasteiger partial charge in [-0.25, -0.2) is 15.0 Å². The van der Waals surface area contributed by atoms with Gasteiger partial charge in [-0.2, -0.15) is 13.2 Å². The molecule has 3 aromatic heterocycles. The summed E-state index contributed by atoms with van der Waals surface area (Å²) in [5, 5.41) is 0. The van der Waals surface area contributed by atoms with E-state index < -0.39 is 11.7 Å². The van der Waals surface area contributed by atoms with Crippen LogP contribution in [-0.2, 0) is 12.7 Å². The molecule has 4 heterocycles. The topological polar surface area (TPSA) is 64.0 Å². The molecule has 0 amide bonds. The number of halogens is 3. The monoisotopic (exact) mass is 443 g/mol. The second kappa shape index (κ2) is 9.20. The Morgan fingerprint density at radius 1 is 1.09 bits per heavy atom. The molecule has 2 unspecified atom stereocenters. The van der Waals surface area contributed by atoms with Gasteiger partial charge in [-0.3, -0.25) is 9.88 Å². The van der Waals surface area contributed by atoms with E-state index in [4.69, 9.17) is 4.74 Å². The van der Waals surface area contributed by atoms with Crippen molar-refractivity contribution in [2.24, 2.45) is 0 Å². The van der Waals surface area contributed by atoms with Gasteiger partial charge >= 0.3 is 6.18 Å². The molecule has 1 aliphatic heterocycles. The lowest BCUT2D eigenvalue weighted by Crippen LogP contribution is -2.48. The van der Waals surface area contributed by atoms with Crippen LogP contribution in [0.25, 0.3) is 11.5 Å². The Morgan fingerprint density at radius 3 is 2.56 bits per heavy atom. The second-order valence-electron chi connectivity index (χ2n) is 7.99. The standard InChI is InChI=1S/C23H24F3N5O/c1-15-11-17(21(30-12-15)22-27-8-4-9-28-22)14-31-10-3-5-19(16(31)2)32-20-7-6-18(13-29-20)23(24,25)26/h4,6-9,11-13,16,19H,3,5,10,14H2,1-2H3. The molecule has 0 radical (unpaired) electrons. The molecule has 3 aromatic rings. The summed E-state index contributed by atoms with van der Waals surface area (Å²) in [6, 6.07) is 6.18. The van der Waals surface area contributed by atoms with Gasteiger partial charge in [0.1, 0.15) is 11.8 Å². The number of nitrogens with zero attached hydrogens (tertiary/aromatic N) is 5. The summed E-state index contributed by atoms with van der Waals surface area (Å²) in [6.45, 7) is 5.58. The molecule has 0 bridgehead atoms. The van der Waals surface area contributed by atoms with Crippen molar-refractivity contribution in [1.29, 1.82) is 0 Å². The largest absolute Gasteiger partial charge is 0.473 e. The van der Waals surface area contributed by atoms with Crippen LogP contribution < -0.4 is 4.74 Å². The van der Waals surface area contributed by atoms with Crippen molar-refractivity contribution in [3.8, 4) is 17.4 Å². The summed E-state index contributed by atoms with van der Waals surface area (Å²) < 4.78 is 44.3. The van der Waals surface area contributed by atoms with Crippen molar-refractivity contribution in [2.75, 3.05) is 6.54 Å². The van der Waals surface area contributed by atoms with E-state index in [0.29, 0.717) is 12.4 Å². The zero-order valence-corrected chi connectivity index (χ0v) is 17.9. The van der Waals surface area contributed by atoms with Gasteiger partial charge in [-0.05, 0) is 56.5 Å². The van der Waals surface area contributed by atoms with Crippen molar-refractivity contribution in [2.45, 2.75) is 51.6 Å². The molecule has 0 aliphatic carbocycles. The lowest BCUT2D eigenvalue weighted by atomic mass is 9.98. The van der Waals surface area contributed by atoms with Crippen LogP contribution in [0.2, 0.25) is 0 Å². The third kappa shape index (κ3) is 5.04. The van der Waals surface area contributed by atoms with Crippen LogP contribution in [0.3, 0.4) is 0 Å². The van der Waals surface area contributed by atoms with Crippen molar-refractivity contribution >= 4 is 0 Å². The normalized spacial score (nSPS) is 19.7. The zero-order valence-electron chi connectivity index (χ0n) is 17.9. The Bertz CT molecular complexity index is 1040. The summed E-state index contributed by atoms with van der Waals surface area (Å²) in [5.41, 5.74) is 2.03. The van der Waals surface area contributed by atoms with Crippen LogP contribution in [0.4, 0.5) is 13.2 Å². The molecule has 6 nitrogen and oxygen atoms in total. The molecule has 0 N–H and O–H groups in total. The molecule has 1 aliphatic rings. The molecule has 168 valence electrons. The lowest BCUT2D eigenvalue weighted by molar-refractivity contribution is -0.137. The van der Waals surface area contributed by atoms with Gasteiger partial charge in [0, 0.05) is 43.4 Å². The minimum Gasteiger partial charge on any atom is -0.473 e. The lowest BCUT2D eigenvalue weighted by Gasteiger charge is -2.39. The van der Waals surface area contributed by atoms with Crippen LogP contribution in [0.5, 0.6) is 5.88 Å². The first kappa shape index (κ1) is 22.1. The number of piperidine rings is 1. The summed E-state index contributed by atoms with van der Waals surface area (Å²) in [4.78, 5) is 19.4. The second-order valence-corrected chi connectivity index (χ2v) is 7.99. The van der Waals surface area contributed by atoms with Crippen LogP contribution in [0.15, 0.2) is 49.1 Å². The number of likely N-dealkylation sites (tertiary alicyclic amines) is 1. The van der Waals surface area contributed by atoms with E-state index >= 15 is 0 Å². The average molecular weight is 443 g/mol. The first-order valence-electron chi connectivity index (χ1n) is 10.5. The van der Waals surface area contributed by atoms with Crippen molar-refractivity contribution in [3.63, 3.8) is 0 Å². The van der Waals surface area contributed by atoms with Gasteiger partial charge in [-0.1, -0.05) is 6.07 Å². The van der Waals surface area contributed by atoms with Gasteiger partial charge < -0.3 is 4.74 Å². The van der Waals surface area contributed by atoms with Crippen LogP contribution in [0.1, 0.15) is 36.5 Å². The molecule has 0 aromatic carbocycles. The number of hydrogen-bond donors (Lipinski definition) is 0. The van der Waals surface area contributed by atoms with Gasteiger partial charge in [0.2, 0.25) is 5.88 Å². The maximum absolute atomic E-state index is 12.8. The molecule has 0 spiro atoms. The Labute approximate surface area is 184 Å². The van der Waals surface area contributed by atoms with Crippen molar-refractivity contribution < 1.29 is 17.9 Å². The molecular formula is C23H24F3N5O. The highest BCUT2D eigenvalue weighted by Gasteiger charge is 2.32. The van der Waals surface area contributed by atoms with Gasteiger partial charge in [-0.15, -0.1) is 0 Å². The Kier molecular flexibility index (Phi) is 6.36. The van der Waals surface area contributed by atoms with Gasteiger partial charge in [0.05, 0.1) is 5.56 Å². The summed E-state index contributed by atoms with van der Waals surface area (Å²) in [5.74, 6) is 0.779. The molecule has 9 heteroatoms. The highest BCUT2D eigenvalue weighted by molar-refractivity contribution is 5.54. The fraction of sp³-hybridized carbons (Fsp3) is 0.391. The number of aromatic nitrogens is 4. The zero-order chi connectivity index (χ0) is 22.7. The Balaban J connectivity index is 1.50. The molecule has 0 saturated carbocycles. The van der Waals surface area contributed by atoms with E-state index in [1.807, 2.05) is 6.92 Å². The van der Waals surface area contributed by atoms with E-state index in [-0.39, 0.29) is 18.0 Å². The van der Waals surface area contributed by atoms with E-state index in [0.717, 1.165) is 48.5 Å². The van der Waals surface area contributed by atoms with Crippen molar-refractivity contribution in [1.82, 2.24) is 24.8 Å². The minimum absolute atomic E-state index is 0.0397. The van der Waals surface area contributed by atoms with Crippen molar-refractivity contribution in [3.05, 3.63) is 65.7 Å². The number of alkyl halides is 3. The number of ether oxygens (including phenoxy) is 1. The van der Waals surface area contributed by atoms with Crippen LogP contribution >= 0.6 is 0 Å². The number of pyridine rings is 2. The Morgan fingerprint density at radius 2 is 1.88 bits per heavy atom. The molecule has 1 saturated heterocycles. The summed E-state index contributed by atoms with van der Waals surface area (Å²) in [7, 11) is 0. The quantitative estimate of drug-likeness (QED) is 0.570. The first-order valence-corrected chi connectivity index (χ1v) is 10.5. The molecule has 4 rings (SSSR count). The van der Waals surface area contributed by atoms with E-state index in [1.54, 1.807) is 24.7 Å². The van der Waals surface area contributed by atoms with Crippen LogP contribution in [0, 0.1) is 6.92 Å². The van der Waals surface area contributed by atoms with Crippen LogP contribution in [-0.4, -0.2) is 43.5 Å². The average Bonchev–Trinajstić information content (AvgIpc) is 2.77. The Hall–Kier alpha value is -3.07. The number of aryl methyl sites for hydroxylation is 1. The summed E-state index contributed by atoms with van der Waals surface area (Å²) in [6.07, 6.45) is 3.12.